The molecule has 37 heavy (non-hydrogen) atoms. The Balaban J connectivity index is 1.43. The van der Waals surface area contributed by atoms with Gasteiger partial charge in [-0.25, -0.2) is 4.79 Å². The monoisotopic (exact) mass is 528 g/mol. The van der Waals surface area contributed by atoms with Gasteiger partial charge in [-0.15, -0.1) is 11.3 Å². The van der Waals surface area contributed by atoms with E-state index in [1.54, 1.807) is 30.5 Å². The minimum absolute atomic E-state index is 0.268. The number of thiophene rings is 1. The number of esters is 1. The van der Waals surface area contributed by atoms with Crippen LogP contribution in [0.3, 0.4) is 0 Å². The Bertz CT molecular complexity index is 1470. The smallest absolute Gasteiger partial charge is 0.416 e. The van der Waals surface area contributed by atoms with Gasteiger partial charge in [0.1, 0.15) is 0 Å². The first-order valence-corrected chi connectivity index (χ1v) is 12.4. The average molecular weight is 529 g/mol. The molecule has 192 valence electrons. The summed E-state index contributed by atoms with van der Waals surface area (Å²) in [5.41, 5.74) is 1.62. The highest BCUT2D eigenvalue weighted by Gasteiger charge is 2.46. The van der Waals surface area contributed by atoms with E-state index in [-0.39, 0.29) is 19.1 Å². The lowest BCUT2D eigenvalue weighted by Crippen LogP contribution is -2.35. The van der Waals surface area contributed by atoms with Gasteiger partial charge in [0.05, 0.1) is 46.2 Å². The largest absolute Gasteiger partial charge is 0.465 e. The van der Waals surface area contributed by atoms with Crippen molar-refractivity contribution < 1.29 is 32.6 Å². The number of amides is 1. The van der Waals surface area contributed by atoms with Crippen LogP contribution in [0.2, 0.25) is 0 Å². The molecule has 1 saturated carbocycles. The predicted octanol–water partition coefficient (Wildman–Crippen LogP) is 5.47. The van der Waals surface area contributed by atoms with Gasteiger partial charge in [-0.05, 0) is 54.3 Å². The van der Waals surface area contributed by atoms with E-state index in [0.29, 0.717) is 27.1 Å². The summed E-state index contributed by atoms with van der Waals surface area (Å²) in [6, 6.07) is 13.7. The number of alkyl halides is 3. The number of aliphatic hydroxyl groups excluding tert-OH is 1. The molecule has 5 rings (SSSR count). The van der Waals surface area contributed by atoms with E-state index in [1.807, 2.05) is 10.6 Å². The third-order valence-corrected chi connectivity index (χ3v) is 7.77. The Hall–Kier alpha value is -3.63. The predicted molar refractivity (Wildman–Crippen MR) is 132 cm³/mol. The van der Waals surface area contributed by atoms with Gasteiger partial charge in [-0.2, -0.15) is 13.2 Å². The van der Waals surface area contributed by atoms with E-state index in [1.165, 1.54) is 30.6 Å². The molecule has 4 aromatic rings. The Morgan fingerprint density at radius 3 is 2.32 bits per heavy atom. The first-order chi connectivity index (χ1) is 17.6. The number of methoxy groups -OCH3 is 1. The molecule has 0 unspecified atom stereocenters. The van der Waals surface area contributed by atoms with Crippen LogP contribution in [0.15, 0.2) is 60.8 Å². The van der Waals surface area contributed by atoms with Crippen LogP contribution in [0.25, 0.3) is 10.2 Å². The molecule has 2 aromatic carbocycles. The lowest BCUT2D eigenvalue weighted by atomic mass is 10.0. The molecule has 0 atom stereocenters. The van der Waals surface area contributed by atoms with Crippen LogP contribution in [0.1, 0.15) is 55.1 Å². The van der Waals surface area contributed by atoms with Crippen LogP contribution >= 0.6 is 11.3 Å². The molecule has 0 aliphatic heterocycles. The van der Waals surface area contributed by atoms with Crippen molar-refractivity contribution in [3.63, 3.8) is 0 Å². The maximum Gasteiger partial charge on any atom is 0.416 e. The van der Waals surface area contributed by atoms with Crippen LogP contribution < -0.4 is 5.32 Å². The van der Waals surface area contributed by atoms with Crippen LogP contribution in [0, 0.1) is 0 Å². The summed E-state index contributed by atoms with van der Waals surface area (Å²) >= 11 is 1.31. The van der Waals surface area contributed by atoms with Gasteiger partial charge < -0.3 is 19.7 Å². The first-order valence-electron chi connectivity index (χ1n) is 11.5. The summed E-state index contributed by atoms with van der Waals surface area (Å²) in [6.07, 6.45) is -1.17. The van der Waals surface area contributed by atoms with Crippen LogP contribution in [0.4, 0.5) is 13.2 Å². The van der Waals surface area contributed by atoms with E-state index in [4.69, 9.17) is 4.74 Å². The molecule has 1 amide bonds. The molecule has 2 N–H and O–H groups in total. The van der Waals surface area contributed by atoms with E-state index >= 15 is 0 Å². The molecule has 2 aromatic heterocycles. The highest BCUT2D eigenvalue weighted by atomic mass is 32.1. The maximum absolute atomic E-state index is 13.6. The standard InChI is InChI=1S/C27H23F3N2O4S/c1-36-25(35)17-4-8-18(9-5-17)26(11-12-26)31-24(34)22-21(15-33)37-20-10-13-32(23(20)22)14-16-2-6-19(7-3-16)27(28,29)30/h2-10,13,33H,11-12,14-15H2,1H3,(H,31,34). The number of hydrogen-bond acceptors (Lipinski definition) is 5. The number of rotatable bonds is 7. The maximum atomic E-state index is 13.6. The van der Waals surface area contributed by atoms with Gasteiger partial charge in [0.15, 0.2) is 0 Å². The number of carbonyl (C=O) groups excluding carboxylic acids is 2. The normalized spacial score (nSPS) is 14.5. The highest BCUT2D eigenvalue weighted by Crippen LogP contribution is 2.46. The Labute approximate surface area is 214 Å². The fourth-order valence-electron chi connectivity index (χ4n) is 4.52. The number of ether oxygens (including phenoxy) is 1. The molecule has 6 nitrogen and oxygen atoms in total. The van der Waals surface area contributed by atoms with E-state index in [2.05, 4.69) is 5.32 Å². The van der Waals surface area contributed by atoms with Crippen LogP contribution in [-0.4, -0.2) is 28.7 Å². The summed E-state index contributed by atoms with van der Waals surface area (Å²) in [6.45, 7) is -0.0488. The first kappa shape index (κ1) is 25.0. The molecule has 0 spiro atoms. The second-order valence-electron chi connectivity index (χ2n) is 9.01. The van der Waals surface area contributed by atoms with Gasteiger partial charge in [0, 0.05) is 17.6 Å². The molecular formula is C27H23F3N2O4S. The van der Waals surface area contributed by atoms with Gasteiger partial charge in [0.25, 0.3) is 5.91 Å². The van der Waals surface area contributed by atoms with E-state index in [9.17, 15) is 27.9 Å². The SMILES string of the molecule is COC(=O)c1ccc(C2(NC(=O)c3c(CO)sc4ccn(Cc5ccc(C(F)(F)F)cc5)c34)CC2)cc1. The summed E-state index contributed by atoms with van der Waals surface area (Å²) in [7, 11) is 1.31. The van der Waals surface area contributed by atoms with Crippen molar-refractivity contribution in [2.24, 2.45) is 0 Å². The number of hydrogen-bond donors (Lipinski definition) is 2. The Kier molecular flexibility index (Phi) is 6.33. The summed E-state index contributed by atoms with van der Waals surface area (Å²) in [4.78, 5) is 25.8. The van der Waals surface area contributed by atoms with E-state index in [0.717, 1.165) is 35.2 Å². The van der Waals surface area contributed by atoms with Crippen molar-refractivity contribution in [2.75, 3.05) is 7.11 Å². The number of fused-ring (bicyclic) bond motifs is 1. The fourth-order valence-corrected chi connectivity index (χ4v) is 5.59. The Morgan fingerprint density at radius 2 is 1.76 bits per heavy atom. The number of benzene rings is 2. The number of nitrogens with zero attached hydrogens (tertiary/aromatic N) is 1. The minimum atomic E-state index is -4.41. The second-order valence-corrected chi connectivity index (χ2v) is 10.2. The molecule has 1 aliphatic rings. The average Bonchev–Trinajstić information content (AvgIpc) is 3.42. The van der Waals surface area contributed by atoms with Gasteiger partial charge >= 0.3 is 12.1 Å². The lowest BCUT2D eigenvalue weighted by Gasteiger charge is -2.19. The quantitative estimate of drug-likeness (QED) is 0.312. The van der Waals surface area contributed by atoms with Crippen LogP contribution in [-0.2, 0) is 29.6 Å². The van der Waals surface area contributed by atoms with Crippen molar-refractivity contribution in [3.8, 4) is 0 Å². The molecule has 2 heterocycles. The molecule has 0 saturated heterocycles. The van der Waals surface area contributed by atoms with Crippen molar-refractivity contribution in [2.45, 2.75) is 37.7 Å². The van der Waals surface area contributed by atoms with Crippen molar-refractivity contribution in [3.05, 3.63) is 93.5 Å². The zero-order valence-corrected chi connectivity index (χ0v) is 20.6. The molecule has 1 fully saturated rings. The third-order valence-electron chi connectivity index (χ3n) is 6.64. The number of halogens is 3. The van der Waals surface area contributed by atoms with E-state index < -0.39 is 23.2 Å². The minimum Gasteiger partial charge on any atom is -0.465 e. The highest BCUT2D eigenvalue weighted by molar-refractivity contribution is 7.19. The summed E-state index contributed by atoms with van der Waals surface area (Å²) in [5.74, 6) is -0.778. The number of nitrogens with one attached hydrogen (secondary N) is 1. The number of carbonyl (C=O) groups is 2. The molecule has 10 heteroatoms. The number of aromatic nitrogens is 1. The zero-order chi connectivity index (χ0) is 26.4. The number of aliphatic hydroxyl groups is 1. The third kappa shape index (κ3) is 4.74. The summed E-state index contributed by atoms with van der Waals surface area (Å²) in [5, 5.41) is 13.1. The topological polar surface area (TPSA) is 80.6 Å². The van der Waals surface area contributed by atoms with Crippen molar-refractivity contribution >= 4 is 33.4 Å². The van der Waals surface area contributed by atoms with Crippen molar-refractivity contribution in [1.82, 2.24) is 9.88 Å². The van der Waals surface area contributed by atoms with Crippen molar-refractivity contribution in [1.29, 1.82) is 0 Å². The molecule has 1 aliphatic carbocycles. The zero-order valence-electron chi connectivity index (χ0n) is 19.8. The molecular weight excluding hydrogens is 505 g/mol. The lowest BCUT2D eigenvalue weighted by molar-refractivity contribution is -0.137. The summed E-state index contributed by atoms with van der Waals surface area (Å²) < 4.78 is 46.1. The van der Waals surface area contributed by atoms with Crippen LogP contribution in [0.5, 0.6) is 0 Å². The Morgan fingerprint density at radius 1 is 1.08 bits per heavy atom. The van der Waals surface area contributed by atoms with Gasteiger partial charge in [-0.3, -0.25) is 4.79 Å². The molecule has 0 radical (unpaired) electrons. The molecule has 0 bridgehead atoms. The van der Waals surface area contributed by atoms with Gasteiger partial charge in [0.2, 0.25) is 0 Å². The fraction of sp³-hybridized carbons (Fsp3) is 0.259. The van der Waals surface area contributed by atoms with Gasteiger partial charge in [-0.1, -0.05) is 24.3 Å². The second kappa shape index (κ2) is 9.35.